The number of allylic oxidation sites excluding steroid dienone is 1. The smallest absolute Gasteiger partial charge is 0.0133 e. The van der Waals surface area contributed by atoms with E-state index in [4.69, 9.17) is 0 Å². The molecule has 0 fully saturated rings. The van der Waals surface area contributed by atoms with Gasteiger partial charge in [-0.25, -0.2) is 0 Å². The van der Waals surface area contributed by atoms with Crippen molar-refractivity contribution in [2.45, 2.75) is 40.0 Å². The lowest BCUT2D eigenvalue weighted by atomic mass is 9.93. The van der Waals surface area contributed by atoms with Crippen LogP contribution >= 0.6 is 0 Å². The van der Waals surface area contributed by atoms with Crippen LogP contribution in [-0.4, -0.2) is 0 Å². The Balaban J connectivity index is 4.10. The molecule has 58 valence electrons. The van der Waals surface area contributed by atoms with Crippen LogP contribution in [0.4, 0.5) is 0 Å². The van der Waals surface area contributed by atoms with Crippen molar-refractivity contribution in [1.29, 1.82) is 0 Å². The molecule has 10 heavy (non-hydrogen) atoms. The van der Waals surface area contributed by atoms with Crippen molar-refractivity contribution in [3.05, 3.63) is 17.9 Å². The van der Waals surface area contributed by atoms with Crippen LogP contribution in [0.1, 0.15) is 40.0 Å². The van der Waals surface area contributed by atoms with E-state index in [-0.39, 0.29) is 0 Å². The highest BCUT2D eigenvalue weighted by Crippen LogP contribution is 2.19. The second-order valence-electron chi connectivity index (χ2n) is 2.57. The maximum Gasteiger partial charge on any atom is -0.0133 e. The molecule has 0 nitrogen and oxygen atoms in total. The average molecular weight is 138 g/mol. The summed E-state index contributed by atoms with van der Waals surface area (Å²) in [6, 6.07) is 0. The van der Waals surface area contributed by atoms with Gasteiger partial charge in [-0.2, -0.15) is 0 Å². The van der Waals surface area contributed by atoms with Crippen LogP contribution < -0.4 is 0 Å². The molecular weight excluding hydrogens is 120 g/mol. The fourth-order valence-corrected chi connectivity index (χ4v) is 1.34. The van der Waals surface area contributed by atoms with Crippen molar-refractivity contribution in [2.24, 2.45) is 5.92 Å². The summed E-state index contributed by atoms with van der Waals surface area (Å²) in [5.41, 5.74) is 4.41. The Morgan fingerprint density at radius 3 is 1.90 bits per heavy atom. The first-order chi connectivity index (χ1) is 4.79. The third-order valence-corrected chi connectivity index (χ3v) is 2.09. The lowest BCUT2D eigenvalue weighted by Crippen LogP contribution is -1.99. The molecule has 0 aliphatic heterocycles. The maximum absolute atomic E-state index is 3.69. The Morgan fingerprint density at radius 2 is 1.80 bits per heavy atom. The van der Waals surface area contributed by atoms with Gasteiger partial charge in [-0.15, -0.1) is 5.73 Å². The van der Waals surface area contributed by atoms with Gasteiger partial charge in [0.25, 0.3) is 0 Å². The lowest BCUT2D eigenvalue weighted by molar-refractivity contribution is 0.557. The van der Waals surface area contributed by atoms with Crippen LogP contribution in [0.2, 0.25) is 0 Å². The molecule has 0 aliphatic rings. The molecule has 0 radical (unpaired) electrons. The second-order valence-corrected chi connectivity index (χ2v) is 2.57. The molecule has 0 aromatic rings. The van der Waals surface area contributed by atoms with E-state index < -0.39 is 0 Å². The van der Waals surface area contributed by atoms with E-state index >= 15 is 0 Å². The van der Waals surface area contributed by atoms with Crippen molar-refractivity contribution in [3.63, 3.8) is 0 Å². The van der Waals surface area contributed by atoms with Gasteiger partial charge in [0.15, 0.2) is 0 Å². The zero-order valence-corrected chi connectivity index (χ0v) is 7.41. The summed E-state index contributed by atoms with van der Waals surface area (Å²) in [7, 11) is 0. The molecule has 0 aliphatic carbocycles. The highest BCUT2D eigenvalue weighted by molar-refractivity contribution is 5.02. The fraction of sp³-hybridized carbons (Fsp3) is 0.700. The van der Waals surface area contributed by atoms with E-state index in [0.717, 1.165) is 12.3 Å². The lowest BCUT2D eigenvalue weighted by Gasteiger charge is -2.12. The zero-order valence-electron chi connectivity index (χ0n) is 7.41. The van der Waals surface area contributed by atoms with E-state index in [1.54, 1.807) is 0 Å². The van der Waals surface area contributed by atoms with Crippen LogP contribution in [0.5, 0.6) is 0 Å². The zero-order chi connectivity index (χ0) is 7.98. The van der Waals surface area contributed by atoms with Crippen molar-refractivity contribution in [2.75, 3.05) is 0 Å². The topological polar surface area (TPSA) is 0 Å². The first-order valence-corrected chi connectivity index (χ1v) is 4.18. The van der Waals surface area contributed by atoms with E-state index in [1.807, 2.05) is 0 Å². The Hall–Kier alpha value is -0.480. The highest BCUT2D eigenvalue weighted by Gasteiger charge is 2.06. The minimum Gasteiger partial charge on any atom is -0.129 e. The van der Waals surface area contributed by atoms with Gasteiger partial charge in [0.2, 0.25) is 0 Å². The summed E-state index contributed by atoms with van der Waals surface area (Å²) in [4.78, 5) is 0. The summed E-state index contributed by atoms with van der Waals surface area (Å²) < 4.78 is 0. The van der Waals surface area contributed by atoms with Crippen LogP contribution in [0.25, 0.3) is 0 Å². The number of hydrogen-bond donors (Lipinski definition) is 0. The van der Waals surface area contributed by atoms with E-state index in [9.17, 15) is 0 Å². The van der Waals surface area contributed by atoms with Gasteiger partial charge in [0.05, 0.1) is 0 Å². The van der Waals surface area contributed by atoms with Gasteiger partial charge >= 0.3 is 0 Å². The molecule has 0 aromatic carbocycles. The highest BCUT2D eigenvalue weighted by atomic mass is 14.1. The molecule has 0 saturated carbocycles. The summed E-state index contributed by atoms with van der Waals surface area (Å²) in [5.74, 6) is 0.725. The van der Waals surface area contributed by atoms with E-state index in [2.05, 4.69) is 33.1 Å². The molecule has 0 unspecified atom stereocenters. The van der Waals surface area contributed by atoms with Crippen molar-refractivity contribution in [1.82, 2.24) is 0 Å². The number of hydrogen-bond acceptors (Lipinski definition) is 0. The van der Waals surface area contributed by atoms with Gasteiger partial charge in [-0.05, 0) is 30.8 Å². The van der Waals surface area contributed by atoms with Gasteiger partial charge in [0.1, 0.15) is 0 Å². The predicted octanol–water partition coefficient (Wildman–Crippen LogP) is 3.54. The molecule has 0 amide bonds. The minimum absolute atomic E-state index is 0.725. The summed E-state index contributed by atoms with van der Waals surface area (Å²) in [6.45, 7) is 10.3. The second kappa shape index (κ2) is 5.32. The fourth-order valence-electron chi connectivity index (χ4n) is 1.34. The van der Waals surface area contributed by atoms with Crippen LogP contribution in [0.15, 0.2) is 17.9 Å². The molecule has 0 atom stereocenters. The first kappa shape index (κ1) is 9.52. The Morgan fingerprint density at radius 1 is 1.30 bits per heavy atom. The van der Waals surface area contributed by atoms with E-state index in [0.29, 0.717) is 0 Å². The molecule has 0 rings (SSSR count). The Kier molecular flexibility index (Phi) is 5.06. The van der Waals surface area contributed by atoms with Crippen molar-refractivity contribution >= 4 is 0 Å². The van der Waals surface area contributed by atoms with Crippen molar-refractivity contribution in [3.8, 4) is 0 Å². The standard InChI is InChI=1S/C10H18/c1-5-9(6-2)10(7-3)8-4/h10H,1,6-8H2,2-4H3. The van der Waals surface area contributed by atoms with Gasteiger partial charge in [-0.1, -0.05) is 27.4 Å². The molecule has 0 spiro atoms. The van der Waals surface area contributed by atoms with Gasteiger partial charge < -0.3 is 0 Å². The Labute approximate surface area is 64.6 Å². The third-order valence-electron chi connectivity index (χ3n) is 2.09. The largest absolute Gasteiger partial charge is 0.129 e. The summed E-state index contributed by atoms with van der Waals surface area (Å²) in [5, 5.41) is 0. The monoisotopic (exact) mass is 138 g/mol. The molecule has 0 saturated heterocycles. The molecule has 0 aromatic heterocycles. The first-order valence-electron chi connectivity index (χ1n) is 4.18. The number of rotatable bonds is 4. The van der Waals surface area contributed by atoms with Crippen molar-refractivity contribution < 1.29 is 0 Å². The molecule has 0 bridgehead atoms. The molecule has 0 heteroatoms. The molecular formula is C10H18. The quantitative estimate of drug-likeness (QED) is 0.521. The molecule has 0 heterocycles. The average Bonchev–Trinajstić information content (AvgIpc) is 2.00. The normalized spacial score (nSPS) is 9.60. The SMILES string of the molecule is C=C=C(CC)C(CC)CC. The van der Waals surface area contributed by atoms with Gasteiger partial charge in [-0.3, -0.25) is 0 Å². The molecule has 0 N–H and O–H groups in total. The maximum atomic E-state index is 3.69. The van der Waals surface area contributed by atoms with Gasteiger partial charge in [0, 0.05) is 0 Å². The van der Waals surface area contributed by atoms with Crippen LogP contribution in [-0.2, 0) is 0 Å². The minimum atomic E-state index is 0.725. The third kappa shape index (κ3) is 2.41. The predicted molar refractivity (Wildman–Crippen MR) is 47.0 cm³/mol. The van der Waals surface area contributed by atoms with Crippen LogP contribution in [0.3, 0.4) is 0 Å². The summed E-state index contributed by atoms with van der Waals surface area (Å²) in [6.07, 6.45) is 3.56. The summed E-state index contributed by atoms with van der Waals surface area (Å²) >= 11 is 0. The van der Waals surface area contributed by atoms with Crippen LogP contribution in [0, 0.1) is 5.92 Å². The Bertz CT molecular complexity index is 123. The van der Waals surface area contributed by atoms with E-state index in [1.165, 1.54) is 18.4 Å².